The molecule has 2 heterocycles. The van der Waals surface area contributed by atoms with Gasteiger partial charge >= 0.3 is 0 Å². The Hall–Kier alpha value is -3.68. The van der Waals surface area contributed by atoms with Crippen LogP contribution in [0.15, 0.2) is 66.7 Å². The van der Waals surface area contributed by atoms with Gasteiger partial charge in [-0.15, -0.1) is 0 Å². The summed E-state index contributed by atoms with van der Waals surface area (Å²) < 4.78 is 0. The number of hydrogen-bond acceptors (Lipinski definition) is 4. The van der Waals surface area contributed by atoms with E-state index in [0.29, 0.717) is 40.6 Å². The van der Waals surface area contributed by atoms with Crippen molar-refractivity contribution in [2.75, 3.05) is 36.4 Å². The smallest absolute Gasteiger partial charge is 0.258 e. The number of nitrogens with zero attached hydrogens (tertiary/aromatic N) is 2. The van der Waals surface area contributed by atoms with E-state index in [2.05, 4.69) is 10.6 Å². The van der Waals surface area contributed by atoms with Gasteiger partial charge in [0.05, 0.1) is 23.8 Å². The van der Waals surface area contributed by atoms with Crippen molar-refractivity contribution >= 4 is 40.7 Å². The maximum absolute atomic E-state index is 13.9. The van der Waals surface area contributed by atoms with Crippen molar-refractivity contribution in [3.05, 3.63) is 94.0 Å². The Labute approximate surface area is 221 Å². The Morgan fingerprint density at radius 1 is 0.892 bits per heavy atom. The predicted octanol–water partition coefficient (Wildman–Crippen LogP) is 4.81. The van der Waals surface area contributed by atoms with Crippen molar-refractivity contribution in [3.63, 3.8) is 0 Å². The molecule has 0 radical (unpaired) electrons. The minimum atomic E-state index is -0.525. The lowest BCUT2D eigenvalue weighted by Crippen LogP contribution is -2.35. The number of rotatable bonds is 3. The first-order chi connectivity index (χ1) is 17.9. The number of fused-ring (bicyclic) bond motifs is 1. The van der Waals surface area contributed by atoms with E-state index in [0.717, 1.165) is 30.6 Å². The molecule has 1 fully saturated rings. The van der Waals surface area contributed by atoms with Gasteiger partial charge in [0.2, 0.25) is 5.91 Å². The van der Waals surface area contributed by atoms with E-state index in [4.69, 9.17) is 11.6 Å². The maximum Gasteiger partial charge on any atom is 0.258 e. The number of carbonyl (C=O) groups excluding carboxylic acids is 3. The number of nitrogens with one attached hydrogen (secondary N) is 2. The van der Waals surface area contributed by atoms with Gasteiger partial charge in [0.15, 0.2) is 0 Å². The van der Waals surface area contributed by atoms with Gasteiger partial charge in [-0.05, 0) is 67.9 Å². The molecule has 0 aromatic heterocycles. The van der Waals surface area contributed by atoms with E-state index in [9.17, 15) is 14.4 Å². The molecule has 8 heteroatoms. The topological polar surface area (TPSA) is 81.8 Å². The second kappa shape index (κ2) is 10.7. The fraction of sp³-hybridized carbons (Fsp3) is 0.276. The Bertz CT molecular complexity index is 1320. The molecule has 2 aliphatic rings. The average molecular weight is 517 g/mol. The molecule has 3 aromatic carbocycles. The van der Waals surface area contributed by atoms with Crippen molar-refractivity contribution in [1.29, 1.82) is 0 Å². The highest BCUT2D eigenvalue weighted by molar-refractivity contribution is 6.30. The molecule has 0 aliphatic carbocycles. The normalized spacial score (nSPS) is 17.9. The first kappa shape index (κ1) is 25.0. The number of amides is 3. The van der Waals surface area contributed by atoms with Crippen molar-refractivity contribution in [1.82, 2.24) is 10.2 Å². The Morgan fingerprint density at radius 2 is 1.62 bits per heavy atom. The van der Waals surface area contributed by atoms with Crippen LogP contribution in [0, 0.1) is 6.92 Å². The molecule has 1 unspecified atom stereocenters. The fourth-order valence-electron chi connectivity index (χ4n) is 4.88. The second-order valence-electron chi connectivity index (χ2n) is 9.49. The van der Waals surface area contributed by atoms with Gasteiger partial charge in [-0.3, -0.25) is 19.3 Å². The quantitative estimate of drug-likeness (QED) is 0.523. The predicted molar refractivity (Wildman–Crippen MR) is 145 cm³/mol. The zero-order valence-corrected chi connectivity index (χ0v) is 21.4. The van der Waals surface area contributed by atoms with Gasteiger partial charge in [-0.1, -0.05) is 41.4 Å². The number of halogens is 1. The van der Waals surface area contributed by atoms with Gasteiger partial charge in [-0.25, -0.2) is 0 Å². The highest BCUT2D eigenvalue weighted by Gasteiger charge is 2.34. The van der Waals surface area contributed by atoms with Gasteiger partial charge in [-0.2, -0.15) is 0 Å². The highest BCUT2D eigenvalue weighted by Crippen LogP contribution is 2.40. The Kier molecular flexibility index (Phi) is 7.26. The summed E-state index contributed by atoms with van der Waals surface area (Å²) >= 11 is 6.07. The van der Waals surface area contributed by atoms with E-state index >= 15 is 0 Å². The van der Waals surface area contributed by atoms with Crippen LogP contribution in [0.4, 0.5) is 11.4 Å². The van der Waals surface area contributed by atoms with Crippen molar-refractivity contribution in [2.45, 2.75) is 25.8 Å². The fourth-order valence-corrected chi connectivity index (χ4v) is 5.01. The van der Waals surface area contributed by atoms with Gasteiger partial charge < -0.3 is 15.5 Å². The maximum atomic E-state index is 13.9. The van der Waals surface area contributed by atoms with Crippen LogP contribution >= 0.6 is 11.6 Å². The average Bonchev–Trinajstić information content (AvgIpc) is 3.26. The van der Waals surface area contributed by atoms with Crippen molar-refractivity contribution < 1.29 is 14.4 Å². The first-order valence-corrected chi connectivity index (χ1v) is 12.9. The Morgan fingerprint density at radius 3 is 2.38 bits per heavy atom. The van der Waals surface area contributed by atoms with Crippen LogP contribution in [0.3, 0.4) is 0 Å². The van der Waals surface area contributed by atoms with Gasteiger partial charge in [0, 0.05) is 35.8 Å². The third-order valence-electron chi connectivity index (χ3n) is 6.87. The third kappa shape index (κ3) is 5.38. The summed E-state index contributed by atoms with van der Waals surface area (Å²) in [5.74, 6) is -0.560. The molecule has 2 aliphatic heterocycles. The number of aryl methyl sites for hydroxylation is 1. The first-order valence-electron chi connectivity index (χ1n) is 12.5. The van der Waals surface area contributed by atoms with Crippen LogP contribution in [-0.2, 0) is 4.79 Å². The van der Waals surface area contributed by atoms with E-state index in [-0.39, 0.29) is 24.1 Å². The zero-order valence-electron chi connectivity index (χ0n) is 20.7. The molecular weight excluding hydrogens is 488 g/mol. The summed E-state index contributed by atoms with van der Waals surface area (Å²) in [5, 5.41) is 6.79. The third-order valence-corrected chi connectivity index (χ3v) is 7.12. The molecule has 3 amide bonds. The van der Waals surface area contributed by atoms with Crippen LogP contribution in [0.1, 0.15) is 50.7 Å². The van der Waals surface area contributed by atoms with E-state index in [1.54, 1.807) is 47.4 Å². The standard InChI is InChI=1S/C29H29ClN4O3/c1-19-3-5-20(6-4-19)26-18-27(35)32-24-17-22(28(36)33-15-2-13-31-14-16-33)9-12-25(24)34(26)29(37)21-7-10-23(30)11-8-21/h3-12,17,26,31H,2,13-16,18H2,1H3,(H,32,35). The highest BCUT2D eigenvalue weighted by atomic mass is 35.5. The molecule has 0 saturated carbocycles. The van der Waals surface area contributed by atoms with Crippen LogP contribution < -0.4 is 15.5 Å². The SMILES string of the molecule is Cc1ccc(C2CC(=O)Nc3cc(C(=O)N4CCCNCC4)ccc3N2C(=O)c2ccc(Cl)cc2)cc1. The summed E-state index contributed by atoms with van der Waals surface area (Å²) in [5.41, 5.74) is 3.87. The zero-order chi connectivity index (χ0) is 25.9. The summed E-state index contributed by atoms with van der Waals surface area (Å²) in [4.78, 5) is 43.8. The number of benzene rings is 3. The van der Waals surface area contributed by atoms with Crippen LogP contribution in [-0.4, -0.2) is 48.8 Å². The van der Waals surface area contributed by atoms with Gasteiger partial charge in [0.25, 0.3) is 11.8 Å². The lowest BCUT2D eigenvalue weighted by molar-refractivity contribution is -0.116. The Balaban J connectivity index is 1.58. The van der Waals surface area contributed by atoms with Crippen molar-refractivity contribution in [2.24, 2.45) is 0 Å². The molecule has 0 bridgehead atoms. The number of hydrogen-bond donors (Lipinski definition) is 2. The van der Waals surface area contributed by atoms with Crippen LogP contribution in [0.2, 0.25) is 5.02 Å². The monoisotopic (exact) mass is 516 g/mol. The molecule has 1 saturated heterocycles. The second-order valence-corrected chi connectivity index (χ2v) is 9.92. The van der Waals surface area contributed by atoms with Gasteiger partial charge in [0.1, 0.15) is 0 Å². The minimum absolute atomic E-state index is 0.0815. The van der Waals surface area contributed by atoms with E-state index in [1.807, 2.05) is 36.1 Å². The lowest BCUT2D eigenvalue weighted by atomic mass is 9.98. The molecular formula is C29H29ClN4O3. The largest absolute Gasteiger partial charge is 0.337 e. The van der Waals surface area contributed by atoms with E-state index < -0.39 is 6.04 Å². The van der Waals surface area contributed by atoms with Crippen LogP contribution in [0.5, 0.6) is 0 Å². The molecule has 2 N–H and O–H groups in total. The number of anilines is 2. The number of carbonyl (C=O) groups is 3. The summed E-state index contributed by atoms with van der Waals surface area (Å²) in [6.45, 7) is 4.92. The molecule has 1 atom stereocenters. The summed E-state index contributed by atoms with van der Waals surface area (Å²) in [6, 6.07) is 19.2. The molecule has 5 rings (SSSR count). The molecule has 7 nitrogen and oxygen atoms in total. The lowest BCUT2D eigenvalue weighted by Gasteiger charge is -2.31. The van der Waals surface area contributed by atoms with Crippen molar-refractivity contribution in [3.8, 4) is 0 Å². The molecule has 3 aromatic rings. The summed E-state index contributed by atoms with van der Waals surface area (Å²) in [7, 11) is 0. The summed E-state index contributed by atoms with van der Waals surface area (Å²) in [6.07, 6.45) is 0.965. The minimum Gasteiger partial charge on any atom is -0.337 e. The molecule has 37 heavy (non-hydrogen) atoms. The molecule has 190 valence electrons. The van der Waals surface area contributed by atoms with E-state index in [1.165, 1.54) is 0 Å². The van der Waals surface area contributed by atoms with Crippen LogP contribution in [0.25, 0.3) is 0 Å². The molecule has 0 spiro atoms.